The van der Waals surface area contributed by atoms with Crippen LogP contribution in [0.2, 0.25) is 0 Å². The predicted molar refractivity (Wildman–Crippen MR) is 92.5 cm³/mol. The van der Waals surface area contributed by atoms with Crippen LogP contribution in [0.3, 0.4) is 0 Å². The molecular formula is C19H21F2NO3. The molecule has 0 spiro atoms. The third kappa shape index (κ3) is 4.84. The van der Waals surface area contributed by atoms with Gasteiger partial charge in [-0.15, -0.1) is 0 Å². The van der Waals surface area contributed by atoms with E-state index in [1.54, 1.807) is 0 Å². The summed E-state index contributed by atoms with van der Waals surface area (Å²) in [7, 11) is 0. The van der Waals surface area contributed by atoms with Crippen LogP contribution in [-0.4, -0.2) is 34.8 Å². The van der Waals surface area contributed by atoms with Gasteiger partial charge in [-0.2, -0.15) is 8.78 Å². The highest BCUT2D eigenvalue weighted by molar-refractivity contribution is 5.85. The van der Waals surface area contributed by atoms with Crippen molar-refractivity contribution in [2.24, 2.45) is 11.7 Å². The molecule has 3 rings (SSSR count). The molecule has 2 aromatic rings. The van der Waals surface area contributed by atoms with E-state index in [4.69, 9.17) is 15.9 Å². The molecule has 1 aliphatic carbocycles. The first kappa shape index (κ1) is 19.0. The Kier molecular flexibility index (Phi) is 6.22. The Morgan fingerprint density at radius 2 is 1.84 bits per heavy atom. The van der Waals surface area contributed by atoms with E-state index in [1.165, 1.54) is 16.3 Å². The molecule has 1 aliphatic rings. The lowest BCUT2D eigenvalue weighted by Gasteiger charge is -2.17. The van der Waals surface area contributed by atoms with E-state index < -0.39 is 30.3 Å². The highest BCUT2D eigenvalue weighted by Gasteiger charge is 2.45. The highest BCUT2D eigenvalue weighted by Crippen LogP contribution is 2.34. The van der Waals surface area contributed by atoms with Gasteiger partial charge in [0.15, 0.2) is 0 Å². The number of carboxylic acids is 1. The average molecular weight is 349 g/mol. The highest BCUT2D eigenvalue weighted by atomic mass is 19.3. The molecule has 0 amide bonds. The Hall–Kier alpha value is -2.31. The minimum absolute atomic E-state index is 0.465. The van der Waals surface area contributed by atoms with Crippen molar-refractivity contribution in [2.75, 3.05) is 6.54 Å². The molecule has 2 unspecified atom stereocenters. The van der Waals surface area contributed by atoms with Crippen LogP contribution in [-0.2, 0) is 11.2 Å². The Labute approximate surface area is 144 Å². The lowest BCUT2D eigenvalue weighted by atomic mass is 10.0. The van der Waals surface area contributed by atoms with Crippen molar-refractivity contribution < 1.29 is 23.8 Å². The number of benzene rings is 2. The molecule has 4 nitrogen and oxygen atoms in total. The van der Waals surface area contributed by atoms with Gasteiger partial charge in [-0.25, -0.2) is 0 Å². The van der Waals surface area contributed by atoms with Gasteiger partial charge in [0.1, 0.15) is 6.10 Å². The summed E-state index contributed by atoms with van der Waals surface area (Å²) >= 11 is 0. The average Bonchev–Trinajstić information content (AvgIpc) is 2.83. The molecule has 6 heteroatoms. The molecule has 0 aliphatic heterocycles. The molecule has 4 N–H and O–H groups in total. The van der Waals surface area contributed by atoms with Gasteiger partial charge >= 0.3 is 5.97 Å². The fourth-order valence-electron chi connectivity index (χ4n) is 2.79. The van der Waals surface area contributed by atoms with Crippen LogP contribution in [0, 0.1) is 5.92 Å². The number of alkyl halides is 2. The maximum absolute atomic E-state index is 12.5. The van der Waals surface area contributed by atoms with Crippen molar-refractivity contribution in [3.8, 4) is 0 Å². The van der Waals surface area contributed by atoms with E-state index in [2.05, 4.69) is 42.5 Å². The van der Waals surface area contributed by atoms with Gasteiger partial charge in [-0.05, 0) is 35.4 Å². The first-order valence-corrected chi connectivity index (χ1v) is 7.99. The molecule has 0 radical (unpaired) electrons. The van der Waals surface area contributed by atoms with Crippen LogP contribution in [0.15, 0.2) is 54.6 Å². The van der Waals surface area contributed by atoms with Crippen LogP contribution in [0.25, 0.3) is 10.8 Å². The zero-order valence-corrected chi connectivity index (χ0v) is 13.6. The molecular weight excluding hydrogens is 328 g/mol. The number of nitrogens with two attached hydrogens (primary N) is 1. The number of rotatable bonds is 4. The number of hydrogen-bond acceptors (Lipinski definition) is 3. The maximum atomic E-state index is 12.5. The molecule has 0 bridgehead atoms. The van der Waals surface area contributed by atoms with Gasteiger partial charge in [0.2, 0.25) is 0 Å². The lowest BCUT2D eigenvalue weighted by molar-refractivity contribution is -0.140. The smallest absolute Gasteiger partial charge is 0.304 e. The van der Waals surface area contributed by atoms with Gasteiger partial charge in [0, 0.05) is 5.92 Å². The lowest BCUT2D eigenvalue weighted by Crippen LogP contribution is -2.33. The monoisotopic (exact) mass is 349 g/mol. The third-order valence-corrected chi connectivity index (χ3v) is 4.07. The van der Waals surface area contributed by atoms with Crippen LogP contribution in [0.5, 0.6) is 0 Å². The fourth-order valence-corrected chi connectivity index (χ4v) is 2.79. The minimum atomic E-state index is -3.28. The number of carboxylic acid groups (broad SMARTS) is 1. The Bertz CT molecular complexity index is 756. The second-order valence-corrected chi connectivity index (χ2v) is 5.92. The van der Waals surface area contributed by atoms with E-state index in [0.29, 0.717) is 12.6 Å². The number of aliphatic hydroxyl groups excluding tert-OH is 1. The van der Waals surface area contributed by atoms with Crippen LogP contribution in [0.4, 0.5) is 8.78 Å². The molecule has 2 atom stereocenters. The van der Waals surface area contributed by atoms with E-state index >= 15 is 0 Å². The minimum Gasteiger partial charge on any atom is -0.481 e. The molecule has 0 fully saturated rings. The van der Waals surface area contributed by atoms with Crippen molar-refractivity contribution in [3.63, 3.8) is 0 Å². The summed E-state index contributed by atoms with van der Waals surface area (Å²) in [6.07, 6.45) is 0.187. The number of carbonyl (C=O) groups is 1. The molecule has 134 valence electrons. The van der Waals surface area contributed by atoms with Crippen LogP contribution < -0.4 is 5.73 Å². The predicted octanol–water partition coefficient (Wildman–Crippen LogP) is 2.98. The van der Waals surface area contributed by atoms with Crippen molar-refractivity contribution in [1.82, 2.24) is 0 Å². The summed E-state index contributed by atoms with van der Waals surface area (Å²) in [5.41, 5.74) is 6.90. The van der Waals surface area contributed by atoms with Gasteiger partial charge < -0.3 is 15.9 Å². The molecule has 0 saturated carbocycles. The Morgan fingerprint density at radius 3 is 2.44 bits per heavy atom. The molecule has 0 saturated heterocycles. The van der Waals surface area contributed by atoms with Crippen molar-refractivity contribution >= 4 is 16.7 Å². The first-order valence-electron chi connectivity index (χ1n) is 7.99. The van der Waals surface area contributed by atoms with E-state index in [9.17, 15) is 13.6 Å². The van der Waals surface area contributed by atoms with E-state index in [0.717, 1.165) is 12.5 Å². The number of fused-ring (bicyclic) bond motifs is 1. The largest absolute Gasteiger partial charge is 0.481 e. The van der Waals surface area contributed by atoms with Crippen molar-refractivity contribution in [2.45, 2.75) is 24.9 Å². The van der Waals surface area contributed by atoms with Crippen molar-refractivity contribution in [1.29, 1.82) is 0 Å². The molecule has 0 aromatic heterocycles. The van der Waals surface area contributed by atoms with Crippen LogP contribution in [0.1, 0.15) is 12.0 Å². The molecule has 0 heterocycles. The zero-order chi connectivity index (χ0) is 18.4. The Balaban J connectivity index is 0.000000181. The number of halogens is 2. The third-order valence-electron chi connectivity index (χ3n) is 4.07. The number of aliphatic hydroxyl groups is 1. The zero-order valence-electron chi connectivity index (χ0n) is 13.6. The summed E-state index contributed by atoms with van der Waals surface area (Å²) in [6.45, 7) is 0.716. The Morgan fingerprint density at radius 1 is 1.16 bits per heavy atom. The standard InChI is InChI=1S/C12H13N.C7H8F2O3/c13-9-8-11-6-3-5-10-4-1-2-7-12(10)11;8-7(9)2-1-4(6(7)12)3-5(10)11/h1-7H,8-9,13H2;1-2,4,6,12H,3H2,(H,10,11). The number of hydrogen-bond donors (Lipinski definition) is 3. The second kappa shape index (κ2) is 8.18. The first-order chi connectivity index (χ1) is 11.8. The van der Waals surface area contributed by atoms with E-state index in [-0.39, 0.29) is 0 Å². The van der Waals surface area contributed by atoms with Gasteiger partial charge in [-0.1, -0.05) is 48.5 Å². The van der Waals surface area contributed by atoms with Gasteiger partial charge in [0.25, 0.3) is 5.92 Å². The normalized spacial score (nSPS) is 21.0. The fraction of sp³-hybridized carbons (Fsp3) is 0.316. The second-order valence-electron chi connectivity index (χ2n) is 5.92. The maximum Gasteiger partial charge on any atom is 0.304 e. The summed E-state index contributed by atoms with van der Waals surface area (Å²) in [5, 5.41) is 19.8. The van der Waals surface area contributed by atoms with E-state index in [1.807, 2.05) is 0 Å². The topological polar surface area (TPSA) is 83.6 Å². The van der Waals surface area contributed by atoms with Gasteiger partial charge in [-0.3, -0.25) is 4.79 Å². The summed E-state index contributed by atoms with van der Waals surface area (Å²) in [4.78, 5) is 10.1. The number of aliphatic carboxylic acids is 1. The summed E-state index contributed by atoms with van der Waals surface area (Å²) in [6, 6.07) is 14.8. The van der Waals surface area contributed by atoms with Crippen LogP contribution >= 0.6 is 0 Å². The molecule has 25 heavy (non-hydrogen) atoms. The molecule has 2 aromatic carbocycles. The van der Waals surface area contributed by atoms with Gasteiger partial charge in [0.05, 0.1) is 6.42 Å². The quantitative estimate of drug-likeness (QED) is 0.741. The van der Waals surface area contributed by atoms with Crippen molar-refractivity contribution in [3.05, 3.63) is 60.2 Å². The summed E-state index contributed by atoms with van der Waals surface area (Å²) in [5.74, 6) is -5.45. The summed E-state index contributed by atoms with van der Waals surface area (Å²) < 4.78 is 25.0. The SMILES string of the molecule is NCCc1cccc2ccccc12.O=C(O)CC1C=CC(F)(F)C1O.